The van der Waals surface area contributed by atoms with Crippen LogP contribution in [0.15, 0.2) is 18.2 Å². The molecule has 0 spiro atoms. The molecule has 0 unspecified atom stereocenters. The zero-order chi connectivity index (χ0) is 16.4. The quantitative estimate of drug-likeness (QED) is 0.467. The van der Waals surface area contributed by atoms with Gasteiger partial charge in [0.05, 0.1) is 9.67 Å². The van der Waals surface area contributed by atoms with Crippen LogP contribution >= 0.6 is 0 Å². The largest absolute Gasteiger partial charge is 0.399 e. The number of amides is 1. The molecule has 0 saturated heterocycles. The second kappa shape index (κ2) is 5.68. The fourth-order valence-corrected chi connectivity index (χ4v) is 1.75. The Kier molecular flexibility index (Phi) is 4.57. The van der Waals surface area contributed by atoms with Gasteiger partial charge >= 0.3 is 0 Å². The number of benzene rings is 1. The van der Waals surface area contributed by atoms with Crippen molar-refractivity contribution in [2.24, 2.45) is 0 Å². The highest BCUT2D eigenvalue weighted by atomic mass is 32.2. The monoisotopic (exact) mass is 315 g/mol. The molecule has 1 aromatic rings. The highest BCUT2D eigenvalue weighted by Gasteiger charge is 2.31. The normalized spacial score (nSPS) is 12.0. The number of sulfone groups is 1. The first kappa shape index (κ1) is 16.9. The summed E-state index contributed by atoms with van der Waals surface area (Å²) in [6.45, 7) is 2.74. The molecule has 9 heteroatoms. The predicted molar refractivity (Wildman–Crippen MR) is 78.8 cm³/mol. The first-order valence-electron chi connectivity index (χ1n) is 5.97. The van der Waals surface area contributed by atoms with Gasteiger partial charge in [0.1, 0.15) is 5.56 Å². The molecule has 0 saturated carbocycles. The summed E-state index contributed by atoms with van der Waals surface area (Å²) < 4.78 is 21.9. The van der Waals surface area contributed by atoms with Crippen molar-refractivity contribution >= 4 is 27.1 Å². The molecule has 1 rings (SSSR count). The van der Waals surface area contributed by atoms with Crippen LogP contribution in [0.1, 0.15) is 24.2 Å². The molecule has 116 valence electrons. The van der Waals surface area contributed by atoms with Crippen molar-refractivity contribution in [3.63, 3.8) is 0 Å². The van der Waals surface area contributed by atoms with Gasteiger partial charge in [-0.25, -0.2) is 8.42 Å². The van der Waals surface area contributed by atoms with Crippen LogP contribution in [-0.2, 0) is 9.84 Å². The van der Waals surface area contributed by atoms with Crippen LogP contribution in [0.25, 0.3) is 0 Å². The molecule has 1 amide bonds. The van der Waals surface area contributed by atoms with E-state index in [0.29, 0.717) is 0 Å². The third kappa shape index (κ3) is 3.91. The molecule has 0 aliphatic rings. The molecule has 0 heterocycles. The van der Waals surface area contributed by atoms with E-state index in [1.807, 2.05) is 0 Å². The molecule has 0 atom stereocenters. The number of carbonyl (C=O) groups is 1. The fourth-order valence-electron chi connectivity index (χ4n) is 1.41. The van der Waals surface area contributed by atoms with E-state index < -0.39 is 25.4 Å². The molecule has 0 aliphatic heterocycles. The van der Waals surface area contributed by atoms with E-state index in [9.17, 15) is 23.3 Å². The third-order valence-electron chi connectivity index (χ3n) is 3.14. The van der Waals surface area contributed by atoms with Gasteiger partial charge in [-0.2, -0.15) is 0 Å². The molecule has 21 heavy (non-hydrogen) atoms. The minimum absolute atomic E-state index is 0.170. The van der Waals surface area contributed by atoms with Crippen LogP contribution in [-0.4, -0.2) is 36.8 Å². The summed E-state index contributed by atoms with van der Waals surface area (Å²) in [6, 6.07) is 3.63. The minimum Gasteiger partial charge on any atom is -0.399 e. The zero-order valence-electron chi connectivity index (χ0n) is 11.9. The van der Waals surface area contributed by atoms with E-state index >= 15 is 0 Å². The van der Waals surface area contributed by atoms with E-state index in [4.69, 9.17) is 5.73 Å². The van der Waals surface area contributed by atoms with Crippen LogP contribution in [0.2, 0.25) is 0 Å². The summed E-state index contributed by atoms with van der Waals surface area (Å²) in [4.78, 5) is 22.2. The number of rotatable bonds is 5. The molecular formula is C12H17N3O5S. The number of nitrogens with zero attached hydrogens (tertiary/aromatic N) is 1. The molecule has 1 aromatic carbocycles. The number of nitrogens with one attached hydrogen (secondary N) is 1. The fraction of sp³-hybridized carbons (Fsp3) is 0.417. The van der Waals surface area contributed by atoms with Gasteiger partial charge in [0.2, 0.25) is 0 Å². The average molecular weight is 315 g/mol. The highest BCUT2D eigenvalue weighted by Crippen LogP contribution is 2.21. The number of hydrogen-bond acceptors (Lipinski definition) is 6. The Hall–Kier alpha value is -2.16. The van der Waals surface area contributed by atoms with Crippen molar-refractivity contribution in [2.75, 3.05) is 18.5 Å². The van der Waals surface area contributed by atoms with Crippen LogP contribution in [0.4, 0.5) is 11.4 Å². The average Bonchev–Trinajstić information content (AvgIpc) is 2.34. The van der Waals surface area contributed by atoms with Crippen molar-refractivity contribution < 1.29 is 18.1 Å². The van der Waals surface area contributed by atoms with Crippen LogP contribution in [0, 0.1) is 10.1 Å². The number of anilines is 1. The molecule has 0 fully saturated rings. The number of nitro benzene ring substituents is 1. The molecule has 8 nitrogen and oxygen atoms in total. The summed E-state index contributed by atoms with van der Waals surface area (Å²) in [7, 11) is -3.39. The van der Waals surface area contributed by atoms with E-state index in [-0.39, 0.29) is 23.5 Å². The summed E-state index contributed by atoms with van der Waals surface area (Å²) in [5.74, 6) is -0.745. The third-order valence-corrected chi connectivity index (χ3v) is 5.29. The second-order valence-electron chi connectivity index (χ2n) is 5.25. The SMILES string of the molecule is CC(C)(CNC(=O)c1cc(N)ccc1[N+](=O)[O-])S(C)(=O)=O. The number of hydrogen-bond donors (Lipinski definition) is 2. The van der Waals surface area contributed by atoms with Gasteiger partial charge < -0.3 is 11.1 Å². The summed E-state index contributed by atoms with van der Waals surface area (Å²) in [5, 5.41) is 13.3. The molecule has 3 N–H and O–H groups in total. The van der Waals surface area contributed by atoms with Gasteiger partial charge in [-0.3, -0.25) is 14.9 Å². The molecular weight excluding hydrogens is 298 g/mol. The number of carbonyl (C=O) groups excluding carboxylic acids is 1. The smallest absolute Gasteiger partial charge is 0.282 e. The Morgan fingerprint density at radius 3 is 2.48 bits per heavy atom. The van der Waals surface area contributed by atoms with Gasteiger partial charge in [0.15, 0.2) is 9.84 Å². The lowest BCUT2D eigenvalue weighted by Crippen LogP contribution is -2.43. The van der Waals surface area contributed by atoms with Crippen LogP contribution in [0.5, 0.6) is 0 Å². The lowest BCUT2D eigenvalue weighted by atomic mass is 10.1. The first-order valence-corrected chi connectivity index (χ1v) is 7.86. The molecule has 0 aromatic heterocycles. The van der Waals surface area contributed by atoms with Crippen molar-refractivity contribution in [3.8, 4) is 0 Å². The Morgan fingerprint density at radius 2 is 2.00 bits per heavy atom. The van der Waals surface area contributed by atoms with Crippen LogP contribution < -0.4 is 11.1 Å². The van der Waals surface area contributed by atoms with E-state index in [1.54, 1.807) is 0 Å². The lowest BCUT2D eigenvalue weighted by Gasteiger charge is -2.22. The number of nitro groups is 1. The summed E-state index contributed by atoms with van der Waals surface area (Å²) in [6.07, 6.45) is 1.06. The van der Waals surface area contributed by atoms with Crippen molar-refractivity contribution in [1.29, 1.82) is 0 Å². The van der Waals surface area contributed by atoms with Crippen molar-refractivity contribution in [1.82, 2.24) is 5.32 Å². The zero-order valence-corrected chi connectivity index (χ0v) is 12.7. The highest BCUT2D eigenvalue weighted by molar-refractivity contribution is 7.92. The maximum absolute atomic E-state index is 12.0. The Bertz CT molecular complexity index is 682. The van der Waals surface area contributed by atoms with Gasteiger partial charge in [-0.1, -0.05) is 0 Å². The van der Waals surface area contributed by atoms with Gasteiger partial charge in [0, 0.05) is 24.6 Å². The Labute approximate surface area is 122 Å². The van der Waals surface area contributed by atoms with E-state index in [2.05, 4.69) is 5.32 Å². The molecule has 0 aliphatic carbocycles. The first-order chi connectivity index (χ1) is 9.45. The molecule has 0 radical (unpaired) electrons. The summed E-state index contributed by atoms with van der Waals surface area (Å²) in [5.41, 5.74) is 5.13. The van der Waals surface area contributed by atoms with Crippen molar-refractivity contribution in [2.45, 2.75) is 18.6 Å². The maximum atomic E-state index is 12.0. The standard InChI is InChI=1S/C12H17N3O5S/c1-12(2,21(3,19)20)7-14-11(16)9-6-8(13)4-5-10(9)15(17)18/h4-6H,7,13H2,1-3H3,(H,14,16). The van der Waals surface area contributed by atoms with Crippen LogP contribution in [0.3, 0.4) is 0 Å². The van der Waals surface area contributed by atoms with Gasteiger partial charge in [0.25, 0.3) is 11.6 Å². The second-order valence-corrected chi connectivity index (χ2v) is 7.90. The lowest BCUT2D eigenvalue weighted by molar-refractivity contribution is -0.385. The van der Waals surface area contributed by atoms with E-state index in [0.717, 1.165) is 12.3 Å². The Morgan fingerprint density at radius 1 is 1.43 bits per heavy atom. The number of nitrogens with two attached hydrogens (primary N) is 1. The van der Waals surface area contributed by atoms with Gasteiger partial charge in [-0.15, -0.1) is 0 Å². The Balaban J connectivity index is 3.01. The maximum Gasteiger partial charge on any atom is 0.282 e. The minimum atomic E-state index is -3.39. The molecule has 0 bridgehead atoms. The topological polar surface area (TPSA) is 132 Å². The van der Waals surface area contributed by atoms with Crippen molar-refractivity contribution in [3.05, 3.63) is 33.9 Å². The van der Waals surface area contributed by atoms with Gasteiger partial charge in [-0.05, 0) is 26.0 Å². The summed E-state index contributed by atoms with van der Waals surface area (Å²) >= 11 is 0. The number of nitrogen functional groups attached to an aromatic ring is 1. The predicted octanol–water partition coefficient (Wildman–Crippen LogP) is 0.730. The van der Waals surface area contributed by atoms with E-state index in [1.165, 1.54) is 26.0 Å².